The van der Waals surface area contributed by atoms with Crippen LogP contribution < -0.4 is 0 Å². The van der Waals surface area contributed by atoms with Gasteiger partial charge in [-0.15, -0.1) is 0 Å². The largest absolute Gasteiger partial charge is 0.416 e. The van der Waals surface area contributed by atoms with Crippen molar-refractivity contribution in [3.8, 4) is 0 Å². The standard InChI is InChI=1S/C8H24O4Si4.Ar.H2O/c1-13(2)9-14(3,4)11-16(7,8)12-15(5,6)10-13;;/h1-8H3;;1H2. The smallest absolute Gasteiger partial charge is 0.314 e. The first-order valence-corrected chi connectivity index (χ1v) is 16.9. The van der Waals surface area contributed by atoms with Gasteiger partial charge in [-0.25, -0.2) is 0 Å². The molecule has 1 fully saturated rings. The van der Waals surface area contributed by atoms with Gasteiger partial charge < -0.3 is 21.9 Å². The van der Waals surface area contributed by atoms with Crippen LogP contribution in [0, 0.1) is 37.7 Å². The van der Waals surface area contributed by atoms with Crippen LogP contribution in [0.15, 0.2) is 0 Å². The summed E-state index contributed by atoms with van der Waals surface area (Å²) in [5.41, 5.74) is 0. The van der Waals surface area contributed by atoms with E-state index in [0.717, 1.165) is 0 Å². The summed E-state index contributed by atoms with van der Waals surface area (Å²) in [6.07, 6.45) is 0. The summed E-state index contributed by atoms with van der Waals surface area (Å²) in [6, 6.07) is 0. The van der Waals surface area contributed by atoms with E-state index in [-0.39, 0.29) is 43.2 Å². The molecule has 1 aliphatic heterocycles. The van der Waals surface area contributed by atoms with E-state index >= 15 is 0 Å². The molecule has 0 saturated carbocycles. The van der Waals surface area contributed by atoms with Crippen molar-refractivity contribution in [2.24, 2.45) is 0 Å². The van der Waals surface area contributed by atoms with Gasteiger partial charge in [-0.1, -0.05) is 0 Å². The second-order valence-electron chi connectivity index (χ2n) is 6.01. The van der Waals surface area contributed by atoms with Crippen molar-refractivity contribution in [1.82, 2.24) is 0 Å². The van der Waals surface area contributed by atoms with Gasteiger partial charge in [0.05, 0.1) is 0 Å². The van der Waals surface area contributed by atoms with E-state index in [2.05, 4.69) is 52.4 Å². The van der Waals surface area contributed by atoms with Gasteiger partial charge in [0.15, 0.2) is 0 Å². The zero-order valence-electron chi connectivity index (χ0n) is 12.5. The Kier molecular flexibility index (Phi) is 8.38. The van der Waals surface area contributed by atoms with Crippen LogP contribution in [0.25, 0.3) is 0 Å². The molecule has 18 heavy (non-hydrogen) atoms. The van der Waals surface area contributed by atoms with E-state index < -0.39 is 34.2 Å². The number of hydrogen-bond acceptors (Lipinski definition) is 4. The molecule has 0 radical (unpaired) electrons. The molecular weight excluding hydrogens is 328 g/mol. The first kappa shape index (κ1) is 22.2. The fraction of sp³-hybridized carbons (Fsp3) is 1.00. The summed E-state index contributed by atoms with van der Waals surface area (Å²) < 4.78 is 24.6. The zero-order chi connectivity index (χ0) is 12.8. The van der Waals surface area contributed by atoms with Crippen molar-refractivity contribution >= 4 is 34.2 Å². The zero-order valence-corrected chi connectivity index (χ0v) is 17.2. The number of rotatable bonds is 0. The van der Waals surface area contributed by atoms with Crippen LogP contribution in [0.3, 0.4) is 0 Å². The van der Waals surface area contributed by atoms with Crippen LogP contribution in [0.5, 0.6) is 0 Å². The van der Waals surface area contributed by atoms with Gasteiger partial charge in [-0.05, 0) is 52.4 Å². The van der Waals surface area contributed by atoms with Crippen LogP contribution in [-0.2, 0) is 16.5 Å². The molecule has 0 bridgehead atoms. The van der Waals surface area contributed by atoms with Gasteiger partial charge in [0.2, 0.25) is 0 Å². The van der Waals surface area contributed by atoms with Crippen LogP contribution >= 0.6 is 0 Å². The Morgan fingerprint density at radius 2 is 0.556 bits per heavy atom. The predicted octanol–water partition coefficient (Wildman–Crippen LogP) is 2.05. The molecule has 10 heteroatoms. The second kappa shape index (κ2) is 6.79. The molecule has 2 N–H and O–H groups in total. The summed E-state index contributed by atoms with van der Waals surface area (Å²) in [4.78, 5) is 0. The molecule has 112 valence electrons. The molecule has 1 saturated heterocycles. The van der Waals surface area contributed by atoms with Crippen molar-refractivity contribution in [1.29, 1.82) is 0 Å². The average Bonchev–Trinajstić information content (AvgIpc) is 1.67. The maximum atomic E-state index is 6.16. The SMILES string of the molecule is C[Si]1(C)O[Si](C)(C)O[Si](C)(C)O[Si](C)(C)O1.O.[Ar]. The average molecular weight is 355 g/mol. The van der Waals surface area contributed by atoms with Gasteiger partial charge in [0.25, 0.3) is 0 Å². The molecule has 1 rings (SSSR count). The van der Waals surface area contributed by atoms with Crippen LogP contribution in [0.1, 0.15) is 0 Å². The molecule has 1 heterocycles. The Morgan fingerprint density at radius 1 is 0.444 bits per heavy atom. The van der Waals surface area contributed by atoms with E-state index in [0.29, 0.717) is 0 Å². The van der Waals surface area contributed by atoms with Gasteiger partial charge >= 0.3 is 34.2 Å². The molecule has 0 aromatic heterocycles. The second-order valence-corrected chi connectivity index (χ2v) is 20.5. The van der Waals surface area contributed by atoms with Gasteiger partial charge in [0, 0.05) is 37.7 Å². The van der Waals surface area contributed by atoms with E-state index in [1.165, 1.54) is 0 Å². The topological polar surface area (TPSA) is 68.4 Å². The summed E-state index contributed by atoms with van der Waals surface area (Å²) in [7, 11) is -8.44. The van der Waals surface area contributed by atoms with E-state index in [9.17, 15) is 0 Å². The predicted molar refractivity (Wildman–Crippen MR) is 77.9 cm³/mol. The quantitative estimate of drug-likeness (QED) is 0.624. The summed E-state index contributed by atoms with van der Waals surface area (Å²) >= 11 is 0. The maximum absolute atomic E-state index is 6.16. The Bertz CT molecular complexity index is 213. The third-order valence-corrected chi connectivity index (χ3v) is 17.7. The number of hydrogen-bond donors (Lipinski definition) is 0. The van der Waals surface area contributed by atoms with Crippen molar-refractivity contribution in [3.05, 3.63) is 0 Å². The Morgan fingerprint density at radius 3 is 0.667 bits per heavy atom. The Balaban J connectivity index is 0. The summed E-state index contributed by atoms with van der Waals surface area (Å²) in [5.74, 6) is 0. The van der Waals surface area contributed by atoms with Crippen LogP contribution in [-0.4, -0.2) is 39.7 Å². The van der Waals surface area contributed by atoms with E-state index in [1.54, 1.807) is 0 Å². The fourth-order valence-corrected chi connectivity index (χ4v) is 23.6. The van der Waals surface area contributed by atoms with Crippen LogP contribution in [0.4, 0.5) is 0 Å². The molecule has 5 nitrogen and oxygen atoms in total. The van der Waals surface area contributed by atoms with Gasteiger partial charge in [0.1, 0.15) is 0 Å². The molecule has 0 unspecified atom stereocenters. The van der Waals surface area contributed by atoms with Crippen molar-refractivity contribution < 1.29 is 59.7 Å². The van der Waals surface area contributed by atoms with Gasteiger partial charge in [-0.3, -0.25) is 0 Å². The molecule has 0 spiro atoms. The molecule has 1 aliphatic rings. The van der Waals surface area contributed by atoms with E-state index in [1.807, 2.05) is 0 Å². The minimum Gasteiger partial charge on any atom is -0.416 e. The first-order valence-electron chi connectivity index (χ1n) is 5.63. The third kappa shape index (κ3) is 7.64. The van der Waals surface area contributed by atoms with Gasteiger partial charge in [-0.2, -0.15) is 0 Å². The molecular formula is C8H26ArO5Si4. The molecule has 0 amide bonds. The summed E-state index contributed by atoms with van der Waals surface area (Å²) in [5, 5.41) is 0. The van der Waals surface area contributed by atoms with Crippen molar-refractivity contribution in [2.75, 3.05) is 0 Å². The Hall–Kier alpha value is 1.93. The van der Waals surface area contributed by atoms with Crippen molar-refractivity contribution in [3.63, 3.8) is 0 Å². The summed E-state index contributed by atoms with van der Waals surface area (Å²) in [6.45, 7) is 16.6. The molecule has 0 aromatic rings. The first-order chi connectivity index (χ1) is 6.83. The Labute approximate surface area is 145 Å². The van der Waals surface area contributed by atoms with Crippen LogP contribution in [0.2, 0.25) is 52.4 Å². The minimum atomic E-state index is -2.11. The third-order valence-electron chi connectivity index (χ3n) is 1.97. The molecule has 0 atom stereocenters. The molecule has 0 aliphatic carbocycles. The molecule has 0 aromatic carbocycles. The normalized spacial score (nSPS) is 28.0. The van der Waals surface area contributed by atoms with E-state index in [4.69, 9.17) is 16.5 Å². The maximum Gasteiger partial charge on any atom is 0.314 e. The fourth-order valence-electron chi connectivity index (χ4n) is 2.45. The van der Waals surface area contributed by atoms with Crippen molar-refractivity contribution in [2.45, 2.75) is 52.4 Å². The minimum absolute atomic E-state index is 0. The monoisotopic (exact) mass is 354 g/mol.